The van der Waals surface area contributed by atoms with Crippen LogP contribution in [0, 0.1) is 11.6 Å². The van der Waals surface area contributed by atoms with Crippen LogP contribution >= 0.6 is 0 Å². The molecule has 4 nitrogen and oxygen atoms in total. The first-order valence-electron chi connectivity index (χ1n) is 5.15. The molecule has 18 heavy (non-hydrogen) atoms. The standard InChI is InChI=1S/C12H10F2N2O2/c1-16(12(17)11-6-18-7-15-11)5-8-2-3-9(13)4-10(8)14/h2-4,6-7H,5H2,1H3. The van der Waals surface area contributed by atoms with Crippen molar-refractivity contribution in [3.63, 3.8) is 0 Å². The maximum atomic E-state index is 13.4. The zero-order valence-corrected chi connectivity index (χ0v) is 9.56. The van der Waals surface area contributed by atoms with Gasteiger partial charge in [0.15, 0.2) is 12.1 Å². The van der Waals surface area contributed by atoms with Crippen LogP contribution in [0.3, 0.4) is 0 Å². The van der Waals surface area contributed by atoms with Gasteiger partial charge < -0.3 is 9.32 Å². The molecule has 0 aliphatic heterocycles. The molecule has 0 saturated carbocycles. The second-order valence-corrected chi connectivity index (χ2v) is 3.77. The smallest absolute Gasteiger partial charge is 0.275 e. The van der Waals surface area contributed by atoms with E-state index in [1.54, 1.807) is 0 Å². The monoisotopic (exact) mass is 252 g/mol. The number of hydrogen-bond donors (Lipinski definition) is 0. The second kappa shape index (κ2) is 4.95. The average Bonchev–Trinajstić information content (AvgIpc) is 2.85. The Bertz CT molecular complexity index is 555. The Hall–Kier alpha value is -2.24. The minimum Gasteiger partial charge on any atom is -0.451 e. The zero-order chi connectivity index (χ0) is 13.1. The summed E-state index contributed by atoms with van der Waals surface area (Å²) in [6.07, 6.45) is 2.35. The molecular formula is C12H10F2N2O2. The number of nitrogens with zero attached hydrogens (tertiary/aromatic N) is 2. The highest BCUT2D eigenvalue weighted by molar-refractivity contribution is 5.91. The summed E-state index contributed by atoms with van der Waals surface area (Å²) in [5.41, 5.74) is 0.371. The summed E-state index contributed by atoms with van der Waals surface area (Å²) in [5.74, 6) is -1.73. The van der Waals surface area contributed by atoms with Crippen molar-refractivity contribution in [1.29, 1.82) is 0 Å². The van der Waals surface area contributed by atoms with Crippen molar-refractivity contribution in [3.8, 4) is 0 Å². The van der Waals surface area contributed by atoms with Gasteiger partial charge >= 0.3 is 0 Å². The Labute approximate surface area is 102 Å². The third kappa shape index (κ3) is 2.53. The summed E-state index contributed by atoms with van der Waals surface area (Å²) < 4.78 is 30.8. The first kappa shape index (κ1) is 12.2. The quantitative estimate of drug-likeness (QED) is 0.841. The van der Waals surface area contributed by atoms with Gasteiger partial charge in [0.25, 0.3) is 5.91 Å². The van der Waals surface area contributed by atoms with Gasteiger partial charge in [-0.05, 0) is 6.07 Å². The molecule has 1 aromatic heterocycles. The van der Waals surface area contributed by atoms with E-state index in [0.29, 0.717) is 0 Å². The molecule has 0 bridgehead atoms. The largest absolute Gasteiger partial charge is 0.451 e. The topological polar surface area (TPSA) is 46.3 Å². The van der Waals surface area contributed by atoms with Gasteiger partial charge in [-0.3, -0.25) is 4.79 Å². The van der Waals surface area contributed by atoms with Crippen molar-refractivity contribution < 1.29 is 18.0 Å². The van der Waals surface area contributed by atoms with Gasteiger partial charge in [0.2, 0.25) is 0 Å². The highest BCUT2D eigenvalue weighted by atomic mass is 19.1. The molecular weight excluding hydrogens is 242 g/mol. The van der Waals surface area contributed by atoms with Gasteiger partial charge in [-0.15, -0.1) is 0 Å². The van der Waals surface area contributed by atoms with E-state index in [0.717, 1.165) is 18.5 Å². The third-order valence-corrected chi connectivity index (χ3v) is 2.42. The van der Waals surface area contributed by atoms with Crippen LogP contribution in [0.15, 0.2) is 35.3 Å². The second-order valence-electron chi connectivity index (χ2n) is 3.77. The van der Waals surface area contributed by atoms with Crippen LogP contribution in [0.25, 0.3) is 0 Å². The van der Waals surface area contributed by atoms with Crippen LogP contribution in [0.4, 0.5) is 8.78 Å². The van der Waals surface area contributed by atoms with Gasteiger partial charge in [-0.1, -0.05) is 6.07 Å². The van der Waals surface area contributed by atoms with Gasteiger partial charge in [0, 0.05) is 25.2 Å². The molecule has 1 heterocycles. The first-order chi connectivity index (χ1) is 8.58. The molecule has 0 spiro atoms. The maximum absolute atomic E-state index is 13.4. The molecule has 6 heteroatoms. The van der Waals surface area contributed by atoms with Crippen molar-refractivity contribution in [3.05, 3.63) is 53.7 Å². The predicted molar refractivity (Wildman–Crippen MR) is 58.7 cm³/mol. The highest BCUT2D eigenvalue weighted by Crippen LogP contribution is 2.12. The van der Waals surface area contributed by atoms with Gasteiger partial charge in [0.1, 0.15) is 17.9 Å². The van der Waals surface area contributed by atoms with Crippen LogP contribution in [-0.4, -0.2) is 22.8 Å². The van der Waals surface area contributed by atoms with Crippen molar-refractivity contribution in [2.75, 3.05) is 7.05 Å². The molecule has 0 unspecified atom stereocenters. The Morgan fingerprint density at radius 2 is 2.22 bits per heavy atom. The van der Waals surface area contributed by atoms with E-state index >= 15 is 0 Å². The van der Waals surface area contributed by atoms with Crippen LogP contribution < -0.4 is 0 Å². The maximum Gasteiger partial charge on any atom is 0.275 e. The Balaban J connectivity index is 2.11. The molecule has 0 fully saturated rings. The summed E-state index contributed by atoms with van der Waals surface area (Å²) in [6.45, 7) is 0.0256. The Morgan fingerprint density at radius 3 is 2.83 bits per heavy atom. The average molecular weight is 252 g/mol. The Morgan fingerprint density at radius 1 is 1.44 bits per heavy atom. The number of amides is 1. The normalized spacial score (nSPS) is 10.4. The summed E-state index contributed by atoms with van der Waals surface area (Å²) >= 11 is 0. The number of carbonyl (C=O) groups excluding carboxylic acids is 1. The number of rotatable bonds is 3. The summed E-state index contributed by atoms with van der Waals surface area (Å²) in [5, 5.41) is 0. The number of benzene rings is 1. The molecule has 1 aromatic carbocycles. The van der Waals surface area contributed by atoms with E-state index in [4.69, 9.17) is 4.42 Å². The minimum absolute atomic E-state index is 0.0256. The molecule has 2 aromatic rings. The zero-order valence-electron chi connectivity index (χ0n) is 9.56. The highest BCUT2D eigenvalue weighted by Gasteiger charge is 2.16. The van der Waals surface area contributed by atoms with Crippen LogP contribution in [0.5, 0.6) is 0 Å². The lowest BCUT2D eigenvalue weighted by molar-refractivity contribution is 0.0778. The Kier molecular flexibility index (Phi) is 3.36. The molecule has 0 aliphatic carbocycles. The lowest BCUT2D eigenvalue weighted by Crippen LogP contribution is -2.26. The van der Waals surface area contributed by atoms with Crippen LogP contribution in [0.2, 0.25) is 0 Å². The number of halogens is 2. The summed E-state index contributed by atoms with van der Waals surface area (Å²) in [6, 6.07) is 3.23. The molecule has 0 radical (unpaired) electrons. The molecule has 1 amide bonds. The molecule has 2 rings (SSSR count). The molecule has 0 saturated heterocycles. The fourth-order valence-electron chi connectivity index (χ4n) is 1.49. The SMILES string of the molecule is CN(Cc1ccc(F)cc1F)C(=O)c1cocn1. The van der Waals surface area contributed by atoms with E-state index in [1.807, 2.05) is 0 Å². The van der Waals surface area contributed by atoms with E-state index in [9.17, 15) is 13.6 Å². The number of hydrogen-bond acceptors (Lipinski definition) is 3. The first-order valence-corrected chi connectivity index (χ1v) is 5.15. The molecule has 0 atom stereocenters. The summed E-state index contributed by atoms with van der Waals surface area (Å²) in [7, 11) is 1.50. The van der Waals surface area contributed by atoms with E-state index in [1.165, 1.54) is 24.3 Å². The van der Waals surface area contributed by atoms with Crippen LogP contribution in [-0.2, 0) is 6.54 Å². The van der Waals surface area contributed by atoms with Crippen molar-refractivity contribution in [1.82, 2.24) is 9.88 Å². The van der Waals surface area contributed by atoms with Gasteiger partial charge in [0.05, 0.1) is 0 Å². The summed E-state index contributed by atoms with van der Waals surface area (Å²) in [4.78, 5) is 16.8. The van der Waals surface area contributed by atoms with E-state index < -0.39 is 17.5 Å². The van der Waals surface area contributed by atoms with Gasteiger partial charge in [-0.25, -0.2) is 13.8 Å². The molecule has 0 N–H and O–H groups in total. The lowest BCUT2D eigenvalue weighted by atomic mass is 10.2. The predicted octanol–water partition coefficient (Wildman–Crippen LogP) is 2.22. The molecule has 94 valence electrons. The fraction of sp³-hybridized carbons (Fsp3) is 0.167. The van der Waals surface area contributed by atoms with Crippen molar-refractivity contribution >= 4 is 5.91 Å². The van der Waals surface area contributed by atoms with Crippen molar-refractivity contribution in [2.24, 2.45) is 0 Å². The van der Waals surface area contributed by atoms with E-state index in [-0.39, 0.29) is 17.8 Å². The van der Waals surface area contributed by atoms with Crippen molar-refractivity contribution in [2.45, 2.75) is 6.54 Å². The lowest BCUT2D eigenvalue weighted by Gasteiger charge is -2.16. The number of aromatic nitrogens is 1. The number of carbonyl (C=O) groups is 1. The van der Waals surface area contributed by atoms with E-state index in [2.05, 4.69) is 4.98 Å². The third-order valence-electron chi connectivity index (χ3n) is 2.42. The number of oxazole rings is 1. The van der Waals surface area contributed by atoms with Gasteiger partial charge in [-0.2, -0.15) is 0 Å². The fourth-order valence-corrected chi connectivity index (χ4v) is 1.49. The minimum atomic E-state index is -0.685. The molecule has 0 aliphatic rings. The van der Waals surface area contributed by atoms with Crippen LogP contribution in [0.1, 0.15) is 16.1 Å².